The second kappa shape index (κ2) is 5.18. The highest BCUT2D eigenvalue weighted by Crippen LogP contribution is 2.26. The van der Waals surface area contributed by atoms with E-state index in [2.05, 4.69) is 36.8 Å². The number of hydrogen-bond donors (Lipinski definition) is 1. The second-order valence-electron chi connectivity index (χ2n) is 4.44. The number of nitrogens with zero attached hydrogens (tertiary/aromatic N) is 2. The molecule has 0 amide bonds. The molecule has 1 aromatic heterocycles. The van der Waals surface area contributed by atoms with Crippen LogP contribution in [0.3, 0.4) is 0 Å². The van der Waals surface area contributed by atoms with Crippen molar-refractivity contribution in [3.63, 3.8) is 0 Å². The molecule has 20 heavy (non-hydrogen) atoms. The smallest absolute Gasteiger partial charge is 0.201 e. The molecule has 2 aromatic carbocycles. The van der Waals surface area contributed by atoms with Gasteiger partial charge in [0.25, 0.3) is 0 Å². The van der Waals surface area contributed by atoms with Crippen LogP contribution in [-0.2, 0) is 6.54 Å². The van der Waals surface area contributed by atoms with Gasteiger partial charge in [-0.25, -0.2) is 9.37 Å². The van der Waals surface area contributed by atoms with Gasteiger partial charge in [-0.05, 0) is 39.7 Å². The molecular weight excluding hydrogens is 389 g/mol. The topological polar surface area (TPSA) is 43.8 Å². The maximum Gasteiger partial charge on any atom is 0.201 e. The van der Waals surface area contributed by atoms with E-state index in [-0.39, 0.29) is 5.82 Å². The normalized spacial score (nSPS) is 11.2. The molecule has 0 aliphatic rings. The van der Waals surface area contributed by atoms with Crippen molar-refractivity contribution in [3.05, 3.63) is 56.7 Å². The van der Waals surface area contributed by atoms with Crippen LogP contribution in [0.5, 0.6) is 0 Å². The number of anilines is 1. The SMILES string of the molecule is Nc1nc2cc(F)c(Br)cc2n1Cc1ccc(Br)cc1. The zero-order valence-electron chi connectivity index (χ0n) is 10.3. The summed E-state index contributed by atoms with van der Waals surface area (Å²) in [6.07, 6.45) is 0. The standard InChI is InChI=1S/C14H10Br2FN3/c15-9-3-1-8(2-4-9)7-20-13-5-10(16)11(17)6-12(13)19-14(20)18/h1-6H,7H2,(H2,18,19). The average molecular weight is 399 g/mol. The third kappa shape index (κ3) is 2.45. The van der Waals surface area contributed by atoms with Crippen LogP contribution in [0.2, 0.25) is 0 Å². The third-order valence-electron chi connectivity index (χ3n) is 3.07. The molecule has 1 heterocycles. The van der Waals surface area contributed by atoms with Crippen LogP contribution in [0.1, 0.15) is 5.56 Å². The molecule has 2 N–H and O–H groups in total. The number of imidazole rings is 1. The first-order chi connectivity index (χ1) is 9.54. The van der Waals surface area contributed by atoms with Crippen LogP contribution >= 0.6 is 31.9 Å². The van der Waals surface area contributed by atoms with Gasteiger partial charge in [0.1, 0.15) is 5.82 Å². The monoisotopic (exact) mass is 397 g/mol. The van der Waals surface area contributed by atoms with Crippen LogP contribution in [0.4, 0.5) is 10.3 Å². The van der Waals surface area contributed by atoms with E-state index in [0.29, 0.717) is 22.5 Å². The fourth-order valence-electron chi connectivity index (χ4n) is 2.08. The molecule has 0 spiro atoms. The summed E-state index contributed by atoms with van der Waals surface area (Å²) in [5.41, 5.74) is 8.39. The summed E-state index contributed by atoms with van der Waals surface area (Å²) < 4.78 is 16.8. The fraction of sp³-hybridized carbons (Fsp3) is 0.0714. The van der Waals surface area contributed by atoms with E-state index in [1.165, 1.54) is 6.07 Å². The lowest BCUT2D eigenvalue weighted by Crippen LogP contribution is -2.04. The van der Waals surface area contributed by atoms with Crippen molar-refractivity contribution in [3.8, 4) is 0 Å². The van der Waals surface area contributed by atoms with Crippen LogP contribution in [-0.4, -0.2) is 9.55 Å². The van der Waals surface area contributed by atoms with Crippen molar-refractivity contribution in [1.82, 2.24) is 9.55 Å². The van der Waals surface area contributed by atoms with Crippen molar-refractivity contribution >= 4 is 48.8 Å². The summed E-state index contributed by atoms with van der Waals surface area (Å²) in [5, 5.41) is 0. The highest BCUT2D eigenvalue weighted by atomic mass is 79.9. The summed E-state index contributed by atoms with van der Waals surface area (Å²) >= 11 is 6.59. The number of benzene rings is 2. The molecule has 102 valence electrons. The minimum absolute atomic E-state index is 0.342. The Morgan fingerprint density at radius 3 is 2.55 bits per heavy atom. The van der Waals surface area contributed by atoms with Crippen molar-refractivity contribution in [2.24, 2.45) is 0 Å². The van der Waals surface area contributed by atoms with Crippen LogP contribution in [0.15, 0.2) is 45.3 Å². The van der Waals surface area contributed by atoms with Crippen molar-refractivity contribution < 1.29 is 4.39 Å². The molecule has 0 radical (unpaired) electrons. The molecule has 0 saturated heterocycles. The van der Waals surface area contributed by atoms with E-state index in [1.807, 2.05) is 28.8 Å². The van der Waals surface area contributed by atoms with E-state index in [4.69, 9.17) is 5.73 Å². The van der Waals surface area contributed by atoms with Crippen molar-refractivity contribution in [1.29, 1.82) is 0 Å². The molecule has 0 aliphatic heterocycles. The van der Waals surface area contributed by atoms with E-state index in [1.54, 1.807) is 6.07 Å². The first-order valence-corrected chi connectivity index (χ1v) is 7.48. The van der Waals surface area contributed by atoms with E-state index >= 15 is 0 Å². The number of rotatable bonds is 2. The maximum atomic E-state index is 13.5. The van der Waals surface area contributed by atoms with Gasteiger partial charge in [-0.3, -0.25) is 0 Å². The molecule has 3 aromatic rings. The highest BCUT2D eigenvalue weighted by molar-refractivity contribution is 9.10. The van der Waals surface area contributed by atoms with Gasteiger partial charge in [-0.2, -0.15) is 0 Å². The Hall–Kier alpha value is -1.40. The Morgan fingerprint density at radius 1 is 1.15 bits per heavy atom. The zero-order valence-corrected chi connectivity index (χ0v) is 13.4. The fourth-order valence-corrected chi connectivity index (χ4v) is 2.67. The summed E-state index contributed by atoms with van der Waals surface area (Å²) in [6, 6.07) is 11.0. The Kier molecular flexibility index (Phi) is 3.52. The van der Waals surface area contributed by atoms with E-state index in [9.17, 15) is 4.39 Å². The Balaban J connectivity index is 2.08. The first kappa shape index (κ1) is 13.6. The lowest BCUT2D eigenvalue weighted by atomic mass is 10.2. The maximum absolute atomic E-state index is 13.5. The van der Waals surface area contributed by atoms with Gasteiger partial charge in [-0.1, -0.05) is 28.1 Å². The predicted molar refractivity (Wildman–Crippen MR) is 85.0 cm³/mol. The quantitative estimate of drug-likeness (QED) is 0.698. The molecule has 0 saturated carbocycles. The summed E-state index contributed by atoms with van der Waals surface area (Å²) in [7, 11) is 0. The van der Waals surface area contributed by atoms with Crippen molar-refractivity contribution in [2.75, 3.05) is 5.73 Å². The van der Waals surface area contributed by atoms with E-state index < -0.39 is 0 Å². The van der Waals surface area contributed by atoms with Gasteiger partial charge in [0.15, 0.2) is 0 Å². The van der Waals surface area contributed by atoms with Crippen LogP contribution < -0.4 is 5.73 Å². The number of fused-ring (bicyclic) bond motifs is 1. The molecule has 0 bridgehead atoms. The van der Waals surface area contributed by atoms with Crippen LogP contribution in [0, 0.1) is 5.82 Å². The Morgan fingerprint density at radius 2 is 1.85 bits per heavy atom. The number of halogens is 3. The van der Waals surface area contributed by atoms with Gasteiger partial charge in [-0.15, -0.1) is 0 Å². The van der Waals surface area contributed by atoms with Gasteiger partial charge in [0, 0.05) is 10.5 Å². The molecule has 3 nitrogen and oxygen atoms in total. The molecule has 0 fully saturated rings. The summed E-state index contributed by atoms with van der Waals surface area (Å²) in [4.78, 5) is 4.20. The Bertz CT molecular complexity index is 781. The number of aromatic nitrogens is 2. The molecule has 6 heteroatoms. The molecular formula is C14H10Br2FN3. The number of nitrogen functional groups attached to an aromatic ring is 1. The first-order valence-electron chi connectivity index (χ1n) is 5.90. The minimum atomic E-state index is -0.342. The van der Waals surface area contributed by atoms with E-state index in [0.717, 1.165) is 15.6 Å². The molecule has 3 rings (SSSR count). The predicted octanol–water partition coefficient (Wildman–Crippen LogP) is 4.33. The summed E-state index contributed by atoms with van der Waals surface area (Å²) in [6.45, 7) is 0.591. The van der Waals surface area contributed by atoms with Gasteiger partial charge in [0.2, 0.25) is 5.95 Å². The van der Waals surface area contributed by atoms with Gasteiger partial charge >= 0.3 is 0 Å². The third-order valence-corrected chi connectivity index (χ3v) is 4.21. The minimum Gasteiger partial charge on any atom is -0.369 e. The number of nitrogens with two attached hydrogens (primary N) is 1. The molecule has 0 atom stereocenters. The largest absolute Gasteiger partial charge is 0.369 e. The summed E-state index contributed by atoms with van der Waals surface area (Å²) in [5.74, 6) is 0.0335. The van der Waals surface area contributed by atoms with Gasteiger partial charge in [0.05, 0.1) is 22.1 Å². The van der Waals surface area contributed by atoms with Gasteiger partial charge < -0.3 is 10.3 Å². The average Bonchev–Trinajstić information content (AvgIpc) is 2.69. The van der Waals surface area contributed by atoms with Crippen molar-refractivity contribution in [2.45, 2.75) is 6.54 Å². The molecule has 0 aliphatic carbocycles. The zero-order chi connectivity index (χ0) is 14.3. The van der Waals surface area contributed by atoms with Crippen LogP contribution in [0.25, 0.3) is 11.0 Å². The Labute approximate surface area is 131 Å². The lowest BCUT2D eigenvalue weighted by molar-refractivity contribution is 0.622. The highest BCUT2D eigenvalue weighted by Gasteiger charge is 2.11. The molecule has 0 unspecified atom stereocenters. The lowest BCUT2D eigenvalue weighted by Gasteiger charge is -2.07. The second-order valence-corrected chi connectivity index (χ2v) is 6.21. The number of hydrogen-bond acceptors (Lipinski definition) is 2.